The Morgan fingerprint density at radius 2 is 0.430 bits per heavy atom. The molecule has 5 atom stereocenters. The summed E-state index contributed by atoms with van der Waals surface area (Å²) in [4.78, 5) is 73.3. The third kappa shape index (κ3) is 81.9. The van der Waals surface area contributed by atoms with E-state index in [9.17, 15) is 43.2 Å². The van der Waals surface area contributed by atoms with Gasteiger partial charge in [0.2, 0.25) is 0 Å². The Labute approximate surface area is 658 Å². The third-order valence-corrected chi connectivity index (χ3v) is 22.6. The molecule has 3 N–H and O–H groups in total. The Morgan fingerprint density at radius 1 is 0.252 bits per heavy atom. The van der Waals surface area contributed by atoms with E-state index in [4.69, 9.17) is 37.0 Å². The molecule has 0 aromatic carbocycles. The number of unbranched alkanes of at least 4 members (excludes halogenated alkanes) is 57. The lowest BCUT2D eigenvalue weighted by Gasteiger charge is -2.21. The van der Waals surface area contributed by atoms with Crippen molar-refractivity contribution in [1.82, 2.24) is 0 Å². The second-order valence-electron chi connectivity index (χ2n) is 32.6. The second-order valence-corrected chi connectivity index (χ2v) is 35.5. The van der Waals surface area contributed by atoms with Crippen molar-refractivity contribution in [3.05, 3.63) is 0 Å². The van der Waals surface area contributed by atoms with Gasteiger partial charge in [-0.1, -0.05) is 420 Å². The first-order chi connectivity index (χ1) is 51.9. The van der Waals surface area contributed by atoms with E-state index < -0.39 is 97.5 Å². The van der Waals surface area contributed by atoms with Gasteiger partial charge in [-0.2, -0.15) is 0 Å². The number of aliphatic hydroxyl groups excluding tert-OH is 1. The number of carbonyl (C=O) groups is 4. The van der Waals surface area contributed by atoms with Crippen LogP contribution in [-0.2, 0) is 65.4 Å². The summed E-state index contributed by atoms with van der Waals surface area (Å²) in [6, 6.07) is 0. The van der Waals surface area contributed by atoms with Gasteiger partial charge in [0.1, 0.15) is 19.3 Å². The van der Waals surface area contributed by atoms with Crippen molar-refractivity contribution in [2.75, 3.05) is 39.6 Å². The van der Waals surface area contributed by atoms with Gasteiger partial charge in [0, 0.05) is 25.7 Å². The van der Waals surface area contributed by atoms with E-state index in [-0.39, 0.29) is 25.7 Å². The third-order valence-electron chi connectivity index (χ3n) is 20.7. The first-order valence-electron chi connectivity index (χ1n) is 45.5. The summed E-state index contributed by atoms with van der Waals surface area (Å²) >= 11 is 0. The molecule has 0 rings (SSSR count). The Hall–Kier alpha value is -1.94. The smallest absolute Gasteiger partial charge is 0.462 e. The molecule has 0 saturated heterocycles. The molecule has 0 heterocycles. The lowest BCUT2D eigenvalue weighted by molar-refractivity contribution is -0.161. The largest absolute Gasteiger partial charge is 0.472 e. The zero-order chi connectivity index (χ0) is 78.5. The molecule has 0 spiro atoms. The van der Waals surface area contributed by atoms with Crippen LogP contribution in [0, 0.1) is 11.8 Å². The summed E-state index contributed by atoms with van der Waals surface area (Å²) < 4.78 is 68.9. The van der Waals surface area contributed by atoms with Gasteiger partial charge in [-0.3, -0.25) is 37.3 Å². The summed E-state index contributed by atoms with van der Waals surface area (Å²) in [5.41, 5.74) is 0. The predicted octanol–water partition coefficient (Wildman–Crippen LogP) is 27.0. The van der Waals surface area contributed by atoms with Crippen LogP contribution >= 0.6 is 15.6 Å². The number of phosphoric acid groups is 2. The average Bonchev–Trinajstić information content (AvgIpc) is 1.03. The Bertz CT molecular complexity index is 2050. The van der Waals surface area contributed by atoms with Gasteiger partial charge in [-0.25, -0.2) is 9.13 Å². The van der Waals surface area contributed by atoms with Crippen LogP contribution in [0.25, 0.3) is 0 Å². The van der Waals surface area contributed by atoms with Crippen LogP contribution in [0.4, 0.5) is 0 Å². The van der Waals surface area contributed by atoms with E-state index in [1.54, 1.807) is 0 Å². The average molecular weight is 1560 g/mol. The number of hydrogen-bond acceptors (Lipinski definition) is 15. The molecule has 0 radical (unpaired) electrons. The molecule has 0 aliphatic rings. The molecule has 0 aliphatic carbocycles. The first-order valence-corrected chi connectivity index (χ1v) is 48.5. The van der Waals surface area contributed by atoms with E-state index in [0.29, 0.717) is 31.6 Å². The SMILES string of the molecule is CCCCCCCCCCCCCCCCCCCCCCCC(=O)OC[C@H](COP(=O)(O)OC[C@@H](O)COP(=O)(O)OC[C@@H](COC(=O)CCCCCCCCCC(C)C)OC(=O)CCCCCCCCCCCCCCC(C)C)OC(=O)CCCCCCCCCCCCCCCCCCCCCCC. The molecule has 636 valence electrons. The van der Waals surface area contributed by atoms with Crippen LogP contribution < -0.4 is 0 Å². The number of esters is 4. The van der Waals surface area contributed by atoms with E-state index in [0.717, 1.165) is 102 Å². The first kappa shape index (κ1) is 105. The molecule has 107 heavy (non-hydrogen) atoms. The molecule has 0 aliphatic heterocycles. The minimum absolute atomic E-state index is 0.106. The van der Waals surface area contributed by atoms with E-state index >= 15 is 0 Å². The number of phosphoric ester groups is 2. The minimum atomic E-state index is -4.97. The molecule has 17 nitrogen and oxygen atoms in total. The van der Waals surface area contributed by atoms with E-state index in [2.05, 4.69) is 41.5 Å². The van der Waals surface area contributed by atoms with Crippen molar-refractivity contribution in [2.24, 2.45) is 11.8 Å². The van der Waals surface area contributed by atoms with Crippen molar-refractivity contribution in [3.8, 4) is 0 Å². The van der Waals surface area contributed by atoms with Gasteiger partial charge >= 0.3 is 39.5 Å². The fourth-order valence-electron chi connectivity index (χ4n) is 13.8. The number of aliphatic hydroxyl groups is 1. The van der Waals surface area contributed by atoms with Crippen molar-refractivity contribution in [3.63, 3.8) is 0 Å². The van der Waals surface area contributed by atoms with Crippen molar-refractivity contribution in [2.45, 2.75) is 490 Å². The second kappa shape index (κ2) is 79.3. The van der Waals surface area contributed by atoms with Crippen LogP contribution in [-0.4, -0.2) is 96.7 Å². The quantitative estimate of drug-likeness (QED) is 0.0222. The predicted molar refractivity (Wildman–Crippen MR) is 442 cm³/mol. The van der Waals surface area contributed by atoms with Crippen molar-refractivity contribution >= 4 is 39.5 Å². The topological polar surface area (TPSA) is 237 Å². The zero-order valence-electron chi connectivity index (χ0n) is 70.5. The molecule has 0 saturated carbocycles. The van der Waals surface area contributed by atoms with Crippen LogP contribution in [0.5, 0.6) is 0 Å². The molecule has 0 bridgehead atoms. The van der Waals surface area contributed by atoms with Crippen LogP contribution in [0.3, 0.4) is 0 Å². The molecule has 0 aromatic rings. The van der Waals surface area contributed by atoms with Crippen LogP contribution in [0.1, 0.15) is 472 Å². The molecular weight excluding hydrogens is 1390 g/mol. The molecule has 0 fully saturated rings. The lowest BCUT2D eigenvalue weighted by Crippen LogP contribution is -2.30. The Morgan fingerprint density at radius 3 is 0.636 bits per heavy atom. The van der Waals surface area contributed by atoms with Crippen LogP contribution in [0.2, 0.25) is 0 Å². The fourth-order valence-corrected chi connectivity index (χ4v) is 15.4. The summed E-state index contributed by atoms with van der Waals surface area (Å²) in [7, 11) is -9.93. The number of rotatable bonds is 87. The highest BCUT2D eigenvalue weighted by molar-refractivity contribution is 7.47. The van der Waals surface area contributed by atoms with Gasteiger partial charge in [-0.15, -0.1) is 0 Å². The van der Waals surface area contributed by atoms with Gasteiger partial charge in [0.05, 0.1) is 26.4 Å². The van der Waals surface area contributed by atoms with Crippen molar-refractivity contribution < 1.29 is 80.2 Å². The van der Waals surface area contributed by atoms with E-state index in [1.165, 1.54) is 283 Å². The number of hydrogen-bond donors (Lipinski definition) is 3. The number of carbonyl (C=O) groups excluding carboxylic acids is 4. The normalized spacial score (nSPS) is 13.8. The van der Waals surface area contributed by atoms with Gasteiger partial charge in [0.15, 0.2) is 12.2 Å². The fraction of sp³-hybridized carbons (Fsp3) is 0.955. The van der Waals surface area contributed by atoms with Gasteiger partial charge < -0.3 is 33.8 Å². The highest BCUT2D eigenvalue weighted by Crippen LogP contribution is 2.45. The highest BCUT2D eigenvalue weighted by Gasteiger charge is 2.30. The van der Waals surface area contributed by atoms with Gasteiger partial charge in [0.25, 0.3) is 0 Å². The van der Waals surface area contributed by atoms with Crippen molar-refractivity contribution in [1.29, 1.82) is 0 Å². The maximum atomic E-state index is 13.2. The van der Waals surface area contributed by atoms with E-state index in [1.807, 2.05) is 0 Å². The molecular formula is C88H172O17P2. The molecule has 2 unspecified atom stereocenters. The lowest BCUT2D eigenvalue weighted by atomic mass is 10.0. The maximum Gasteiger partial charge on any atom is 0.472 e. The highest BCUT2D eigenvalue weighted by atomic mass is 31.2. The molecule has 0 aromatic heterocycles. The summed E-state index contributed by atoms with van der Waals surface area (Å²) in [5, 5.41) is 10.7. The zero-order valence-corrected chi connectivity index (χ0v) is 72.2. The van der Waals surface area contributed by atoms with Crippen LogP contribution in [0.15, 0.2) is 0 Å². The minimum Gasteiger partial charge on any atom is -0.462 e. The standard InChI is InChI=1S/C88H172O17P2/c1-7-9-11-13-15-17-19-21-23-25-27-29-31-33-35-37-42-46-52-58-64-70-85(90)98-76-83(104-87(92)72-66-60-53-47-43-38-36-34-32-30-28-26-24-22-20-18-16-14-12-10-8-2)78-102-106(94,95)100-74-82(89)75-101-107(96,97)103-79-84(77-99-86(91)71-65-59-55-49-51-57-63-69-81(5)6)105-88(93)73-67-61-54-48-44-40-39-41-45-50-56-62-68-80(3)4/h80-84,89H,7-79H2,1-6H3,(H,94,95)(H,96,97)/t82-,83-,84-/m1/s1. The summed E-state index contributed by atoms with van der Waals surface area (Å²) in [6.07, 6.45) is 72.5. The monoisotopic (exact) mass is 1560 g/mol. The Kier molecular flexibility index (Phi) is 77.9. The number of ether oxygens (including phenoxy) is 4. The summed E-state index contributed by atoms with van der Waals surface area (Å²) in [5.74, 6) is -0.621. The maximum absolute atomic E-state index is 13.2. The summed E-state index contributed by atoms with van der Waals surface area (Å²) in [6.45, 7) is 9.63. The molecule has 0 amide bonds. The molecule has 19 heteroatoms. The Balaban J connectivity index is 5.21. The van der Waals surface area contributed by atoms with Gasteiger partial charge in [-0.05, 0) is 37.5 Å².